The second-order valence-electron chi connectivity index (χ2n) is 5.57. The van der Waals surface area contributed by atoms with Crippen LogP contribution in [-0.2, 0) is 11.2 Å². The number of aliphatic imine (C=N–C) groups is 1. The summed E-state index contributed by atoms with van der Waals surface area (Å²) in [5.41, 5.74) is 2.00. The molecule has 0 unspecified atom stereocenters. The van der Waals surface area contributed by atoms with E-state index in [2.05, 4.69) is 22.2 Å². The van der Waals surface area contributed by atoms with Gasteiger partial charge in [0.15, 0.2) is 5.96 Å². The van der Waals surface area contributed by atoms with Crippen molar-refractivity contribution in [2.75, 3.05) is 33.7 Å². The highest BCUT2D eigenvalue weighted by atomic mass is 19.1. The Morgan fingerprint density at radius 3 is 2.48 bits per heavy atom. The number of halogens is 1. The van der Waals surface area contributed by atoms with Crippen LogP contribution in [0, 0.1) is 5.82 Å². The van der Waals surface area contributed by atoms with E-state index in [4.69, 9.17) is 0 Å². The number of carbonyl (C=O) groups excluding carboxylic acids is 1. The van der Waals surface area contributed by atoms with Crippen LogP contribution in [0.25, 0.3) is 0 Å². The number of guanidine groups is 1. The van der Waals surface area contributed by atoms with Gasteiger partial charge in [-0.1, -0.05) is 24.3 Å². The molecular weight excluding hydrogens is 295 g/mol. The van der Waals surface area contributed by atoms with Crippen molar-refractivity contribution in [3.63, 3.8) is 0 Å². The van der Waals surface area contributed by atoms with Gasteiger partial charge in [0.25, 0.3) is 0 Å². The first-order chi connectivity index (χ1) is 10.9. The van der Waals surface area contributed by atoms with Crippen LogP contribution < -0.4 is 10.6 Å². The van der Waals surface area contributed by atoms with Gasteiger partial charge in [-0.15, -0.1) is 0 Å². The molecule has 1 amide bonds. The van der Waals surface area contributed by atoms with E-state index in [1.54, 1.807) is 26.2 Å². The minimum atomic E-state index is -0.241. The summed E-state index contributed by atoms with van der Waals surface area (Å²) in [5, 5.41) is 6.28. The molecule has 0 bridgehead atoms. The molecule has 0 aliphatic rings. The minimum Gasteiger partial charge on any atom is -0.356 e. The molecule has 0 saturated carbocycles. The highest BCUT2D eigenvalue weighted by molar-refractivity contribution is 5.84. The van der Waals surface area contributed by atoms with Crippen molar-refractivity contribution in [1.29, 1.82) is 0 Å². The molecule has 0 radical (unpaired) electrons. The number of nitrogens with zero attached hydrogens (tertiary/aromatic N) is 2. The number of hydrogen-bond acceptors (Lipinski definition) is 2. The van der Waals surface area contributed by atoms with E-state index in [1.165, 1.54) is 17.0 Å². The lowest BCUT2D eigenvalue weighted by Gasteiger charge is -2.14. The quantitative estimate of drug-likeness (QED) is 0.455. The lowest BCUT2D eigenvalue weighted by atomic mass is 10.1. The first-order valence-electron chi connectivity index (χ1n) is 7.49. The van der Waals surface area contributed by atoms with Crippen molar-refractivity contribution < 1.29 is 9.18 Å². The summed E-state index contributed by atoms with van der Waals surface area (Å²) in [6.07, 6.45) is 0.732. The second-order valence-corrected chi connectivity index (χ2v) is 5.57. The van der Waals surface area contributed by atoms with Crippen molar-refractivity contribution in [1.82, 2.24) is 15.5 Å². The van der Waals surface area contributed by atoms with Crippen LogP contribution in [-0.4, -0.2) is 50.5 Å². The predicted octanol–water partition coefficient (Wildman–Crippen LogP) is 1.57. The summed E-state index contributed by atoms with van der Waals surface area (Å²) >= 11 is 0. The molecule has 1 aromatic carbocycles. The minimum absolute atomic E-state index is 0.0695. The third-order valence-corrected chi connectivity index (χ3v) is 3.05. The fourth-order valence-electron chi connectivity index (χ4n) is 1.67. The molecular formula is C17H25FN4O. The fraction of sp³-hybridized carbons (Fsp3) is 0.412. The van der Waals surface area contributed by atoms with Gasteiger partial charge in [0, 0.05) is 27.2 Å². The van der Waals surface area contributed by atoms with Crippen LogP contribution >= 0.6 is 0 Å². The Kier molecular flexibility index (Phi) is 7.80. The fourth-order valence-corrected chi connectivity index (χ4v) is 1.67. The van der Waals surface area contributed by atoms with Gasteiger partial charge in [0.1, 0.15) is 12.4 Å². The standard InChI is InChI=1S/C17H25FN4O/c1-13(2)11-20-17(21-12-16(23)22(3)4)19-10-9-14-5-7-15(18)8-6-14/h5-8H,1,9-12H2,2-4H3,(H2,19,20,21). The number of carbonyl (C=O) groups is 1. The molecule has 0 aliphatic heterocycles. The molecule has 0 aromatic heterocycles. The summed E-state index contributed by atoms with van der Waals surface area (Å²) < 4.78 is 12.9. The van der Waals surface area contributed by atoms with Crippen molar-refractivity contribution in [2.24, 2.45) is 4.99 Å². The molecule has 23 heavy (non-hydrogen) atoms. The van der Waals surface area contributed by atoms with E-state index in [-0.39, 0.29) is 18.3 Å². The smallest absolute Gasteiger partial charge is 0.243 e. The SMILES string of the molecule is C=C(C)CNC(=NCC(=O)N(C)C)NCCc1ccc(F)cc1. The van der Waals surface area contributed by atoms with Crippen LogP contribution in [0.2, 0.25) is 0 Å². The zero-order chi connectivity index (χ0) is 17.2. The van der Waals surface area contributed by atoms with Crippen LogP contribution in [0.15, 0.2) is 41.4 Å². The van der Waals surface area contributed by atoms with E-state index in [9.17, 15) is 9.18 Å². The Morgan fingerprint density at radius 1 is 1.26 bits per heavy atom. The van der Waals surface area contributed by atoms with Crippen LogP contribution in [0.3, 0.4) is 0 Å². The number of hydrogen-bond donors (Lipinski definition) is 2. The first kappa shape index (κ1) is 18.7. The van der Waals surface area contributed by atoms with Gasteiger partial charge < -0.3 is 15.5 Å². The van der Waals surface area contributed by atoms with Crippen molar-refractivity contribution >= 4 is 11.9 Å². The van der Waals surface area contributed by atoms with Crippen molar-refractivity contribution in [3.05, 3.63) is 47.8 Å². The van der Waals surface area contributed by atoms with E-state index >= 15 is 0 Å². The first-order valence-corrected chi connectivity index (χ1v) is 7.49. The Bertz CT molecular complexity index is 552. The molecule has 5 nitrogen and oxygen atoms in total. The molecule has 0 heterocycles. The molecule has 0 atom stereocenters. The van der Waals surface area contributed by atoms with E-state index in [0.717, 1.165) is 17.6 Å². The molecule has 6 heteroatoms. The van der Waals surface area contributed by atoms with Crippen LogP contribution in [0.5, 0.6) is 0 Å². The molecule has 0 fully saturated rings. The lowest BCUT2D eigenvalue weighted by molar-refractivity contribution is -0.127. The Labute approximate surface area is 137 Å². The maximum absolute atomic E-state index is 12.9. The Hall–Kier alpha value is -2.37. The third-order valence-electron chi connectivity index (χ3n) is 3.05. The second kappa shape index (κ2) is 9.61. The highest BCUT2D eigenvalue weighted by Gasteiger charge is 2.04. The van der Waals surface area contributed by atoms with Crippen molar-refractivity contribution in [2.45, 2.75) is 13.3 Å². The van der Waals surface area contributed by atoms with Crippen LogP contribution in [0.1, 0.15) is 12.5 Å². The topological polar surface area (TPSA) is 56.7 Å². The lowest BCUT2D eigenvalue weighted by Crippen LogP contribution is -2.40. The summed E-state index contributed by atoms with van der Waals surface area (Å²) in [5.74, 6) is 0.250. The van der Waals surface area contributed by atoms with E-state index in [0.29, 0.717) is 19.0 Å². The molecule has 1 rings (SSSR count). The summed E-state index contributed by atoms with van der Waals surface area (Å²) in [7, 11) is 3.39. The number of benzene rings is 1. The summed E-state index contributed by atoms with van der Waals surface area (Å²) in [6.45, 7) is 7.03. The monoisotopic (exact) mass is 320 g/mol. The molecule has 0 saturated heterocycles. The Balaban J connectivity index is 2.54. The number of likely N-dealkylation sites (N-methyl/N-ethyl adjacent to an activating group) is 1. The largest absolute Gasteiger partial charge is 0.356 e. The maximum Gasteiger partial charge on any atom is 0.243 e. The molecule has 1 aromatic rings. The Morgan fingerprint density at radius 2 is 1.91 bits per heavy atom. The average molecular weight is 320 g/mol. The maximum atomic E-state index is 12.9. The summed E-state index contributed by atoms with van der Waals surface area (Å²) in [6, 6.07) is 6.40. The number of amides is 1. The number of nitrogens with one attached hydrogen (secondary N) is 2. The highest BCUT2D eigenvalue weighted by Crippen LogP contribution is 2.02. The van der Waals surface area contributed by atoms with Gasteiger partial charge in [-0.3, -0.25) is 4.79 Å². The molecule has 0 aliphatic carbocycles. The van der Waals surface area contributed by atoms with Gasteiger partial charge in [-0.05, 0) is 31.0 Å². The number of rotatable bonds is 7. The molecule has 2 N–H and O–H groups in total. The van der Waals surface area contributed by atoms with Crippen LogP contribution in [0.4, 0.5) is 4.39 Å². The molecule has 126 valence electrons. The normalized spacial score (nSPS) is 11.0. The van der Waals surface area contributed by atoms with Crippen molar-refractivity contribution in [3.8, 4) is 0 Å². The van der Waals surface area contributed by atoms with Gasteiger partial charge in [0.2, 0.25) is 5.91 Å². The third kappa shape index (κ3) is 7.99. The average Bonchev–Trinajstić information content (AvgIpc) is 2.50. The van der Waals surface area contributed by atoms with Gasteiger partial charge in [0.05, 0.1) is 0 Å². The predicted molar refractivity (Wildman–Crippen MR) is 91.9 cm³/mol. The summed E-state index contributed by atoms with van der Waals surface area (Å²) in [4.78, 5) is 17.4. The van der Waals surface area contributed by atoms with Gasteiger partial charge in [-0.2, -0.15) is 0 Å². The van der Waals surface area contributed by atoms with Gasteiger partial charge >= 0.3 is 0 Å². The zero-order valence-corrected chi connectivity index (χ0v) is 14.0. The zero-order valence-electron chi connectivity index (χ0n) is 14.0. The van der Waals surface area contributed by atoms with Gasteiger partial charge in [-0.25, -0.2) is 9.38 Å². The van der Waals surface area contributed by atoms with E-state index in [1.807, 2.05) is 6.92 Å². The van der Waals surface area contributed by atoms with E-state index < -0.39 is 0 Å². The molecule has 0 spiro atoms.